The van der Waals surface area contributed by atoms with E-state index in [4.69, 9.17) is 5.73 Å². The minimum absolute atomic E-state index is 0.565. The number of nitrogens with two attached hydrogens (primary N) is 1. The van der Waals surface area contributed by atoms with Gasteiger partial charge in [-0.1, -0.05) is 6.07 Å². The molecule has 2 rings (SSSR count). The zero-order chi connectivity index (χ0) is 7.68. The Kier molecular flexibility index (Phi) is 1.36. The van der Waals surface area contributed by atoms with Crippen LogP contribution in [-0.2, 0) is 6.54 Å². The lowest BCUT2D eigenvalue weighted by molar-refractivity contribution is 0.927. The fourth-order valence-electron chi connectivity index (χ4n) is 1.08. The fourth-order valence-corrected chi connectivity index (χ4v) is 1.08. The average molecular weight is 147 g/mol. The molecule has 2 aromatic heterocycles. The Balaban J connectivity index is 2.67. The Bertz CT molecular complexity index is 364. The van der Waals surface area contributed by atoms with E-state index in [1.165, 1.54) is 0 Å². The third kappa shape index (κ3) is 0.991. The van der Waals surface area contributed by atoms with Crippen molar-refractivity contribution in [2.45, 2.75) is 6.54 Å². The molecule has 0 aromatic carbocycles. The molecule has 2 N–H and O–H groups in total. The molecule has 0 aliphatic carbocycles. The largest absolute Gasteiger partial charge is 0.326 e. The van der Waals surface area contributed by atoms with Crippen LogP contribution in [0.5, 0.6) is 0 Å². The van der Waals surface area contributed by atoms with Crippen LogP contribution in [0.4, 0.5) is 0 Å². The molecule has 3 heteroatoms. The zero-order valence-electron chi connectivity index (χ0n) is 6.07. The van der Waals surface area contributed by atoms with Gasteiger partial charge in [0.15, 0.2) is 0 Å². The molecular weight excluding hydrogens is 138 g/mol. The first kappa shape index (κ1) is 6.37. The van der Waals surface area contributed by atoms with Crippen LogP contribution in [0.25, 0.3) is 5.52 Å². The molecule has 0 saturated heterocycles. The molecule has 3 nitrogen and oxygen atoms in total. The Morgan fingerprint density at radius 1 is 1.36 bits per heavy atom. The molecule has 0 saturated carbocycles. The monoisotopic (exact) mass is 147 g/mol. The third-order valence-electron chi connectivity index (χ3n) is 1.69. The van der Waals surface area contributed by atoms with Crippen molar-refractivity contribution in [1.29, 1.82) is 0 Å². The van der Waals surface area contributed by atoms with Gasteiger partial charge >= 0.3 is 0 Å². The maximum atomic E-state index is 5.47. The minimum atomic E-state index is 0.565. The van der Waals surface area contributed by atoms with E-state index >= 15 is 0 Å². The highest BCUT2D eigenvalue weighted by Crippen LogP contribution is 2.03. The molecule has 0 aliphatic rings. The van der Waals surface area contributed by atoms with E-state index in [0.717, 1.165) is 11.1 Å². The van der Waals surface area contributed by atoms with Gasteiger partial charge in [0, 0.05) is 18.9 Å². The summed E-state index contributed by atoms with van der Waals surface area (Å²) in [6, 6.07) is 5.98. The number of hydrogen-bond acceptors (Lipinski definition) is 2. The lowest BCUT2D eigenvalue weighted by Crippen LogP contribution is -1.98. The van der Waals surface area contributed by atoms with Crippen LogP contribution in [0.1, 0.15) is 5.56 Å². The summed E-state index contributed by atoms with van der Waals surface area (Å²) in [7, 11) is 0. The highest BCUT2D eigenvalue weighted by atomic mass is 15.2. The molecule has 0 radical (unpaired) electrons. The predicted molar refractivity (Wildman–Crippen MR) is 43.1 cm³/mol. The number of aromatic nitrogens is 2. The summed E-state index contributed by atoms with van der Waals surface area (Å²) in [6.07, 6.45) is 3.71. The molecule has 2 aromatic rings. The van der Waals surface area contributed by atoms with Gasteiger partial charge in [-0.25, -0.2) is 4.52 Å². The Hall–Kier alpha value is -1.35. The maximum Gasteiger partial charge on any atom is 0.0661 e. The lowest BCUT2D eigenvalue weighted by Gasteiger charge is -1.96. The van der Waals surface area contributed by atoms with E-state index in [0.29, 0.717) is 6.54 Å². The van der Waals surface area contributed by atoms with Gasteiger partial charge in [0.05, 0.1) is 5.52 Å². The first-order valence-electron chi connectivity index (χ1n) is 3.52. The standard InChI is InChI=1S/C8H9N3/c9-5-7-1-2-8-3-4-10-11(8)6-7/h1-4,6H,5,9H2. The smallest absolute Gasteiger partial charge is 0.0661 e. The van der Waals surface area contributed by atoms with E-state index in [-0.39, 0.29) is 0 Å². The summed E-state index contributed by atoms with van der Waals surface area (Å²) in [5.41, 5.74) is 7.67. The van der Waals surface area contributed by atoms with Gasteiger partial charge in [0.2, 0.25) is 0 Å². The molecule has 2 heterocycles. The van der Waals surface area contributed by atoms with Crippen molar-refractivity contribution in [2.75, 3.05) is 0 Å². The first-order valence-corrected chi connectivity index (χ1v) is 3.52. The van der Waals surface area contributed by atoms with Crippen molar-refractivity contribution >= 4 is 5.52 Å². The summed E-state index contributed by atoms with van der Waals surface area (Å²) >= 11 is 0. The molecular formula is C8H9N3. The van der Waals surface area contributed by atoms with Gasteiger partial charge in [-0.05, 0) is 17.7 Å². The third-order valence-corrected chi connectivity index (χ3v) is 1.69. The molecule has 0 amide bonds. The van der Waals surface area contributed by atoms with Crippen LogP contribution >= 0.6 is 0 Å². The Morgan fingerprint density at radius 2 is 2.27 bits per heavy atom. The van der Waals surface area contributed by atoms with E-state index in [1.54, 1.807) is 6.20 Å². The molecule has 0 bridgehead atoms. The molecule has 11 heavy (non-hydrogen) atoms. The second-order valence-corrected chi connectivity index (χ2v) is 2.44. The number of rotatable bonds is 1. The molecule has 0 aliphatic heterocycles. The van der Waals surface area contributed by atoms with Gasteiger partial charge in [0.1, 0.15) is 0 Å². The maximum absolute atomic E-state index is 5.47. The van der Waals surface area contributed by atoms with Crippen LogP contribution in [-0.4, -0.2) is 9.61 Å². The number of hydrogen-bond donors (Lipinski definition) is 1. The predicted octanol–water partition coefficient (Wildman–Crippen LogP) is 0.793. The van der Waals surface area contributed by atoms with E-state index in [1.807, 2.05) is 28.9 Å². The number of pyridine rings is 1. The number of fused-ring (bicyclic) bond motifs is 1. The van der Waals surface area contributed by atoms with Crippen LogP contribution in [0, 0.1) is 0 Å². The molecule has 0 atom stereocenters. The topological polar surface area (TPSA) is 43.3 Å². The van der Waals surface area contributed by atoms with Crippen LogP contribution in [0.3, 0.4) is 0 Å². The Morgan fingerprint density at radius 3 is 3.09 bits per heavy atom. The normalized spacial score (nSPS) is 10.6. The van der Waals surface area contributed by atoms with Crippen LogP contribution in [0.15, 0.2) is 30.6 Å². The first-order chi connectivity index (χ1) is 5.40. The van der Waals surface area contributed by atoms with Crippen molar-refractivity contribution < 1.29 is 0 Å². The zero-order valence-corrected chi connectivity index (χ0v) is 6.07. The van der Waals surface area contributed by atoms with Crippen LogP contribution < -0.4 is 5.73 Å². The highest BCUT2D eigenvalue weighted by Gasteiger charge is 1.92. The average Bonchev–Trinajstić information content (AvgIpc) is 2.50. The molecule has 0 spiro atoms. The van der Waals surface area contributed by atoms with Crippen molar-refractivity contribution in [3.8, 4) is 0 Å². The van der Waals surface area contributed by atoms with Crippen LogP contribution in [0.2, 0.25) is 0 Å². The molecule has 0 fully saturated rings. The second-order valence-electron chi connectivity index (χ2n) is 2.44. The van der Waals surface area contributed by atoms with Crippen molar-refractivity contribution in [3.05, 3.63) is 36.2 Å². The van der Waals surface area contributed by atoms with E-state index in [9.17, 15) is 0 Å². The van der Waals surface area contributed by atoms with Crippen molar-refractivity contribution in [2.24, 2.45) is 5.73 Å². The quantitative estimate of drug-likeness (QED) is 0.648. The summed E-state index contributed by atoms with van der Waals surface area (Å²) < 4.78 is 1.82. The summed E-state index contributed by atoms with van der Waals surface area (Å²) in [6.45, 7) is 0.565. The highest BCUT2D eigenvalue weighted by molar-refractivity contribution is 5.45. The minimum Gasteiger partial charge on any atom is -0.326 e. The second kappa shape index (κ2) is 2.36. The van der Waals surface area contributed by atoms with E-state index in [2.05, 4.69) is 5.10 Å². The van der Waals surface area contributed by atoms with Gasteiger partial charge < -0.3 is 5.73 Å². The van der Waals surface area contributed by atoms with E-state index < -0.39 is 0 Å². The van der Waals surface area contributed by atoms with Gasteiger partial charge in [0.25, 0.3) is 0 Å². The number of nitrogens with zero attached hydrogens (tertiary/aromatic N) is 2. The summed E-state index contributed by atoms with van der Waals surface area (Å²) in [4.78, 5) is 0. The van der Waals surface area contributed by atoms with Crippen molar-refractivity contribution in [1.82, 2.24) is 9.61 Å². The Labute approximate surface area is 64.4 Å². The molecule has 0 unspecified atom stereocenters. The molecule has 56 valence electrons. The van der Waals surface area contributed by atoms with Gasteiger partial charge in [-0.2, -0.15) is 5.10 Å². The lowest BCUT2D eigenvalue weighted by atomic mass is 10.3. The van der Waals surface area contributed by atoms with Gasteiger partial charge in [-0.15, -0.1) is 0 Å². The van der Waals surface area contributed by atoms with Gasteiger partial charge in [-0.3, -0.25) is 0 Å². The summed E-state index contributed by atoms with van der Waals surface area (Å²) in [5.74, 6) is 0. The van der Waals surface area contributed by atoms with Crippen molar-refractivity contribution in [3.63, 3.8) is 0 Å². The summed E-state index contributed by atoms with van der Waals surface area (Å²) in [5, 5.41) is 4.09. The SMILES string of the molecule is NCc1ccc2ccnn2c1. The fraction of sp³-hybridized carbons (Fsp3) is 0.125.